The van der Waals surface area contributed by atoms with Crippen LogP contribution >= 0.6 is 11.6 Å². The van der Waals surface area contributed by atoms with Gasteiger partial charge in [0.25, 0.3) is 15.9 Å². The summed E-state index contributed by atoms with van der Waals surface area (Å²) in [7, 11) is -0.666. The van der Waals surface area contributed by atoms with Crippen molar-refractivity contribution in [2.75, 3.05) is 57.4 Å². The molecule has 3 aromatic rings. The molecule has 1 radical (unpaired) electrons. The van der Waals surface area contributed by atoms with Crippen LogP contribution in [0.4, 0.5) is 15.8 Å². The van der Waals surface area contributed by atoms with Crippen molar-refractivity contribution in [3.05, 3.63) is 124 Å². The molecular weight excluding hydrogens is 851 g/mol. The number of piperazine rings is 1. The van der Waals surface area contributed by atoms with E-state index < -0.39 is 43.7 Å². The summed E-state index contributed by atoms with van der Waals surface area (Å²) in [5.41, 5.74) is 3.22. The molecule has 4 aliphatic heterocycles. The number of halogens is 2. The first-order valence-electron chi connectivity index (χ1n) is 20.8. The van der Waals surface area contributed by atoms with Crippen LogP contribution in [0.3, 0.4) is 0 Å². The molecule has 0 bridgehead atoms. The maximum atomic E-state index is 15.2. The van der Waals surface area contributed by atoms with E-state index in [1.165, 1.54) is 27.3 Å². The molecule has 8 rings (SSSR count). The van der Waals surface area contributed by atoms with Crippen LogP contribution in [0.1, 0.15) is 61.9 Å². The van der Waals surface area contributed by atoms with E-state index in [1.807, 2.05) is 12.1 Å². The van der Waals surface area contributed by atoms with Gasteiger partial charge in [0.2, 0.25) is 0 Å². The Morgan fingerprint density at radius 3 is 2.46 bits per heavy atom. The first-order chi connectivity index (χ1) is 30.0. The predicted octanol–water partition coefficient (Wildman–Crippen LogP) is 8.78. The van der Waals surface area contributed by atoms with Crippen LogP contribution in [0.5, 0.6) is 17.2 Å². The van der Waals surface area contributed by atoms with Crippen LogP contribution in [0, 0.1) is 22.6 Å². The highest BCUT2D eigenvalue weighted by atomic mass is 35.5. The number of sulfonamides is 1. The molecule has 2 saturated heterocycles. The average Bonchev–Trinajstić information content (AvgIpc) is 3.74. The number of nitrogens with one attached hydrogen (secondary N) is 1. The molecule has 5 aliphatic rings. The van der Waals surface area contributed by atoms with Gasteiger partial charge in [-0.1, -0.05) is 43.2 Å². The van der Waals surface area contributed by atoms with Crippen molar-refractivity contribution in [1.82, 2.24) is 19.2 Å². The van der Waals surface area contributed by atoms with Crippen molar-refractivity contribution in [2.45, 2.75) is 56.5 Å². The number of nitro benzene ring substituents is 1. The van der Waals surface area contributed by atoms with Crippen molar-refractivity contribution in [1.29, 1.82) is 0 Å². The number of carbonyl (C=O) groups excluding carboxylic acids is 1. The van der Waals surface area contributed by atoms with E-state index in [4.69, 9.17) is 25.8 Å². The summed E-state index contributed by atoms with van der Waals surface area (Å²) in [5, 5.41) is 12.8. The van der Waals surface area contributed by atoms with E-state index in [1.54, 1.807) is 36.7 Å². The monoisotopic (exact) mass is 899 g/mol. The average molecular weight is 900 g/mol. The summed E-state index contributed by atoms with van der Waals surface area (Å²) in [4.78, 5) is 33.6. The van der Waals surface area contributed by atoms with Crippen molar-refractivity contribution < 1.29 is 36.7 Å². The minimum absolute atomic E-state index is 0.0574. The van der Waals surface area contributed by atoms with Crippen LogP contribution < -0.4 is 19.1 Å². The number of hydrogen-bond acceptors (Lipinski definition) is 11. The van der Waals surface area contributed by atoms with Gasteiger partial charge in [0.15, 0.2) is 5.75 Å². The standard InChI is InChI=1S/C46H49ClFN6O8S/c1-45(2)14-12-33(39(27-45)31-4-6-34(47)7-5-31)28-52-18-20-53(21-19-52)35-8-10-38(42(25-35)62-36-24-32-13-17-49-43(32)51(3)29-36)44(55)50-63(58,59)37-9-11-41(40(26-37)54(56)57)61-30-46(48)15-22-60-23-16-46/h4-11,13,17,24-26,29H,3,12,14-16,18-23,27-28,30H2,1-2H3,(H,50,55). The van der Waals surface area contributed by atoms with E-state index >= 15 is 4.39 Å². The Bertz CT molecular complexity index is 2620. The van der Waals surface area contributed by atoms with Gasteiger partial charge < -0.3 is 23.7 Å². The number of carbonyl (C=O) groups is 1. The van der Waals surface area contributed by atoms with Crippen LogP contribution in [0.2, 0.25) is 5.02 Å². The fraction of sp³-hybridized carbons (Fsp3) is 0.370. The molecule has 3 aromatic carbocycles. The third-order valence-corrected chi connectivity index (χ3v) is 13.7. The van der Waals surface area contributed by atoms with Crippen LogP contribution in [-0.4, -0.2) is 91.9 Å². The van der Waals surface area contributed by atoms with Crippen LogP contribution in [-0.2, 0) is 14.8 Å². The Labute approximate surface area is 371 Å². The Morgan fingerprint density at radius 1 is 0.984 bits per heavy atom. The Kier molecular flexibility index (Phi) is 12.5. The molecule has 63 heavy (non-hydrogen) atoms. The molecular formula is C46H49ClFN6O8S. The fourth-order valence-electron chi connectivity index (χ4n) is 8.41. The number of benzene rings is 3. The topological polar surface area (TPSA) is 158 Å². The zero-order valence-corrected chi connectivity index (χ0v) is 36.7. The van der Waals surface area contributed by atoms with Gasteiger partial charge in [-0.2, -0.15) is 0 Å². The Morgan fingerprint density at radius 2 is 1.73 bits per heavy atom. The molecule has 0 unspecified atom stereocenters. The Hall–Kier alpha value is -5.55. The largest absolute Gasteiger partial charge is 0.483 e. The van der Waals surface area contributed by atoms with E-state index in [0.717, 1.165) is 68.3 Å². The number of aromatic nitrogens is 2. The smallest absolute Gasteiger partial charge is 0.312 e. The molecule has 1 amide bonds. The second-order valence-corrected chi connectivity index (χ2v) is 19.3. The summed E-state index contributed by atoms with van der Waals surface area (Å²) in [6.07, 6.45) is 6.50. The lowest BCUT2D eigenvalue weighted by Gasteiger charge is -2.39. The number of nitrogens with zero attached hydrogens (tertiary/aromatic N) is 5. The van der Waals surface area contributed by atoms with Crippen molar-refractivity contribution in [2.24, 2.45) is 5.41 Å². The first-order valence-corrected chi connectivity index (χ1v) is 22.7. The zero-order chi connectivity index (χ0) is 44.5. The third-order valence-electron chi connectivity index (χ3n) is 12.1. The van der Waals surface area contributed by atoms with Crippen molar-refractivity contribution >= 4 is 44.5 Å². The lowest BCUT2D eigenvalue weighted by atomic mass is 9.72. The molecule has 0 saturated carbocycles. The van der Waals surface area contributed by atoms with Crippen molar-refractivity contribution in [3.63, 3.8) is 0 Å². The number of hydrogen-bond donors (Lipinski definition) is 1. The number of alkyl halides is 1. The van der Waals surface area contributed by atoms with Gasteiger partial charge >= 0.3 is 5.69 Å². The number of anilines is 1. The van der Waals surface area contributed by atoms with Gasteiger partial charge in [0.1, 0.15) is 29.6 Å². The van der Waals surface area contributed by atoms with E-state index in [0.29, 0.717) is 29.7 Å². The number of pyridine rings is 1. The van der Waals surface area contributed by atoms with E-state index in [2.05, 4.69) is 52.5 Å². The lowest BCUT2D eigenvalue weighted by molar-refractivity contribution is -0.386. The summed E-state index contributed by atoms with van der Waals surface area (Å²) in [6.45, 7) is 8.37. The van der Waals surface area contributed by atoms with Gasteiger partial charge in [0.05, 0.1) is 15.4 Å². The van der Waals surface area contributed by atoms with Crippen LogP contribution in [0.15, 0.2) is 95.7 Å². The minimum atomic E-state index is -4.68. The highest BCUT2D eigenvalue weighted by molar-refractivity contribution is 7.90. The number of fused-ring (bicyclic) bond motifs is 1. The molecule has 2 fully saturated rings. The molecule has 0 aromatic heterocycles. The number of amides is 1. The van der Waals surface area contributed by atoms with E-state index in [-0.39, 0.29) is 48.5 Å². The van der Waals surface area contributed by atoms with Gasteiger partial charge in [-0.3, -0.25) is 19.8 Å². The lowest BCUT2D eigenvalue weighted by Crippen LogP contribution is -2.47. The van der Waals surface area contributed by atoms with Gasteiger partial charge in [-0.25, -0.2) is 22.5 Å². The minimum Gasteiger partial charge on any atom is -0.483 e. The molecule has 17 heteroatoms. The molecule has 1 N–H and O–H groups in total. The summed E-state index contributed by atoms with van der Waals surface area (Å²) in [6, 6.07) is 19.5. The molecule has 0 atom stereocenters. The SMILES string of the molecule is [CH2]n1cc(Oc2cc(N3CCN(CC4=C(c5ccc(Cl)cc5)CC(C)(C)CC4)CC3)ccc2C(=O)NS(=O)(=O)c2ccc(OCC3(F)CCOCC3)c([N+](=O)[O-])c2)cc2ccnc1-2. The normalized spacial score (nSPS) is 18.0. The van der Waals surface area contributed by atoms with Gasteiger partial charge in [0, 0.05) is 107 Å². The summed E-state index contributed by atoms with van der Waals surface area (Å²) < 4.78 is 63.2. The second-order valence-electron chi connectivity index (χ2n) is 17.2. The maximum absolute atomic E-state index is 15.2. The molecule has 0 spiro atoms. The molecule has 14 nitrogen and oxygen atoms in total. The maximum Gasteiger partial charge on any atom is 0.312 e. The summed E-state index contributed by atoms with van der Waals surface area (Å²) in [5.74, 6) is -0.316. The van der Waals surface area contributed by atoms with Gasteiger partial charge in [-0.15, -0.1) is 0 Å². The van der Waals surface area contributed by atoms with Gasteiger partial charge in [-0.05, 0) is 84.3 Å². The molecule has 1 aliphatic carbocycles. The number of nitro groups is 1. The Balaban J connectivity index is 1.02. The highest BCUT2D eigenvalue weighted by Crippen LogP contribution is 2.44. The number of allylic oxidation sites excluding steroid dienone is 1. The molecule has 4 heterocycles. The first kappa shape index (κ1) is 44.1. The second kappa shape index (κ2) is 17.9. The number of rotatable bonds is 13. The molecule has 331 valence electrons. The fourth-order valence-corrected chi connectivity index (χ4v) is 9.52. The predicted molar refractivity (Wildman–Crippen MR) is 238 cm³/mol. The quantitative estimate of drug-likeness (QED) is 0.0890. The van der Waals surface area contributed by atoms with E-state index in [9.17, 15) is 23.3 Å². The zero-order valence-electron chi connectivity index (χ0n) is 35.1. The third kappa shape index (κ3) is 10.1. The van der Waals surface area contributed by atoms with Crippen molar-refractivity contribution in [3.8, 4) is 28.6 Å². The number of ether oxygens (including phenoxy) is 3. The van der Waals surface area contributed by atoms with Crippen LogP contribution in [0.25, 0.3) is 17.0 Å². The summed E-state index contributed by atoms with van der Waals surface area (Å²) >= 11 is 6.24. The highest BCUT2D eigenvalue weighted by Gasteiger charge is 2.35.